The fourth-order valence-corrected chi connectivity index (χ4v) is 2.93. The third kappa shape index (κ3) is 2.07. The monoisotopic (exact) mass is 270 g/mol. The molecule has 0 saturated carbocycles. The Hall–Kier alpha value is -2.23. The van der Waals surface area contributed by atoms with Crippen molar-refractivity contribution in [3.63, 3.8) is 0 Å². The highest BCUT2D eigenvalue weighted by atomic mass is 16.5. The summed E-state index contributed by atoms with van der Waals surface area (Å²) in [6.45, 7) is 0. The molecule has 104 valence electrons. The van der Waals surface area contributed by atoms with Gasteiger partial charge in [0.25, 0.3) is 0 Å². The molecule has 1 aliphatic rings. The highest BCUT2D eigenvalue weighted by Gasteiger charge is 2.25. The van der Waals surface area contributed by atoms with Crippen LogP contribution in [0.3, 0.4) is 0 Å². The molecular weight excluding hydrogens is 252 g/mol. The lowest BCUT2D eigenvalue weighted by atomic mass is 9.94. The van der Waals surface area contributed by atoms with E-state index >= 15 is 0 Å². The summed E-state index contributed by atoms with van der Waals surface area (Å²) >= 11 is 0. The lowest BCUT2D eigenvalue weighted by Crippen LogP contribution is -2.25. The summed E-state index contributed by atoms with van der Waals surface area (Å²) in [5.74, 6) is -0.228. The maximum absolute atomic E-state index is 11.6. The number of fused-ring (bicyclic) bond motifs is 1. The lowest BCUT2D eigenvalue weighted by molar-refractivity contribution is -0.136. The van der Waals surface area contributed by atoms with Crippen molar-refractivity contribution in [3.05, 3.63) is 47.8 Å². The smallest absolute Gasteiger partial charge is 0.335 e. The second kappa shape index (κ2) is 5.04. The number of para-hydroxylation sites is 1. The average Bonchev–Trinajstić information content (AvgIpc) is 2.90. The highest BCUT2D eigenvalue weighted by molar-refractivity contribution is 5.88. The van der Waals surface area contributed by atoms with Crippen molar-refractivity contribution in [3.8, 4) is 0 Å². The van der Waals surface area contributed by atoms with Gasteiger partial charge < -0.3 is 14.6 Å². The van der Waals surface area contributed by atoms with Gasteiger partial charge in [-0.3, -0.25) is 0 Å². The van der Waals surface area contributed by atoms with E-state index in [4.69, 9.17) is 4.74 Å². The van der Waals surface area contributed by atoms with Crippen molar-refractivity contribution in [2.45, 2.75) is 18.9 Å². The summed E-state index contributed by atoms with van der Waals surface area (Å²) < 4.78 is 4.79. The number of ether oxygens (including phenoxy) is 1. The largest absolute Gasteiger partial charge is 0.466 e. The minimum atomic E-state index is -0.228. The molecule has 1 aromatic heterocycles. The van der Waals surface area contributed by atoms with Gasteiger partial charge in [-0.2, -0.15) is 0 Å². The SMILES string of the molecule is COC(=O)C1=CN(C)C(c2c[nH]c3ccccc23)CC1. The van der Waals surface area contributed by atoms with Gasteiger partial charge in [0.05, 0.1) is 18.7 Å². The number of carbonyl (C=O) groups is 1. The van der Waals surface area contributed by atoms with Gasteiger partial charge in [-0.25, -0.2) is 4.79 Å². The van der Waals surface area contributed by atoms with E-state index in [1.54, 1.807) is 0 Å². The van der Waals surface area contributed by atoms with E-state index in [1.807, 2.05) is 19.3 Å². The second-order valence-corrected chi connectivity index (χ2v) is 5.16. The molecule has 1 aliphatic heterocycles. The fourth-order valence-electron chi connectivity index (χ4n) is 2.93. The third-order valence-corrected chi connectivity index (χ3v) is 3.97. The van der Waals surface area contributed by atoms with Gasteiger partial charge >= 0.3 is 5.97 Å². The molecule has 1 N–H and O–H groups in total. The normalized spacial score (nSPS) is 19.0. The van der Waals surface area contributed by atoms with Crippen LogP contribution in [0.5, 0.6) is 0 Å². The van der Waals surface area contributed by atoms with Crippen molar-refractivity contribution in [1.29, 1.82) is 0 Å². The van der Waals surface area contributed by atoms with Crippen LogP contribution in [-0.2, 0) is 9.53 Å². The molecule has 0 bridgehead atoms. The first-order valence-corrected chi connectivity index (χ1v) is 6.77. The fraction of sp³-hybridized carbons (Fsp3) is 0.312. The van der Waals surface area contributed by atoms with E-state index in [9.17, 15) is 4.79 Å². The van der Waals surface area contributed by atoms with E-state index in [1.165, 1.54) is 18.1 Å². The molecule has 4 nitrogen and oxygen atoms in total. The molecule has 2 heterocycles. The van der Waals surface area contributed by atoms with E-state index in [-0.39, 0.29) is 5.97 Å². The molecule has 0 spiro atoms. The summed E-state index contributed by atoms with van der Waals surface area (Å²) in [6, 6.07) is 8.59. The summed E-state index contributed by atoms with van der Waals surface area (Å²) in [5, 5.41) is 1.25. The predicted molar refractivity (Wildman–Crippen MR) is 78.1 cm³/mol. The predicted octanol–water partition coefficient (Wildman–Crippen LogP) is 2.99. The maximum Gasteiger partial charge on any atom is 0.335 e. The number of aromatic nitrogens is 1. The Kier molecular flexibility index (Phi) is 3.22. The van der Waals surface area contributed by atoms with Crippen LogP contribution < -0.4 is 0 Å². The van der Waals surface area contributed by atoms with Gasteiger partial charge in [-0.05, 0) is 24.5 Å². The molecule has 1 unspecified atom stereocenters. The van der Waals surface area contributed by atoms with Crippen LogP contribution in [0.25, 0.3) is 10.9 Å². The van der Waals surface area contributed by atoms with Crippen LogP contribution >= 0.6 is 0 Å². The Labute approximate surface area is 118 Å². The number of carbonyl (C=O) groups excluding carboxylic acids is 1. The molecular formula is C16H18N2O2. The van der Waals surface area contributed by atoms with Gasteiger partial charge in [0.15, 0.2) is 0 Å². The van der Waals surface area contributed by atoms with Crippen LogP contribution in [-0.4, -0.2) is 30.0 Å². The number of nitrogens with one attached hydrogen (secondary N) is 1. The first-order valence-electron chi connectivity index (χ1n) is 6.77. The molecule has 0 fully saturated rings. The number of hydrogen-bond acceptors (Lipinski definition) is 3. The van der Waals surface area contributed by atoms with Gasteiger partial charge in [-0.1, -0.05) is 18.2 Å². The molecule has 1 atom stereocenters. The van der Waals surface area contributed by atoms with E-state index in [0.29, 0.717) is 6.04 Å². The van der Waals surface area contributed by atoms with Crippen molar-refractivity contribution in [1.82, 2.24) is 9.88 Å². The van der Waals surface area contributed by atoms with Gasteiger partial charge in [0.1, 0.15) is 0 Å². The standard InChI is InChI=1S/C16H18N2O2/c1-18-10-11(16(19)20-2)7-8-15(18)13-9-17-14-6-4-3-5-12(13)14/h3-6,9-10,15,17H,7-8H2,1-2H3. The molecule has 0 radical (unpaired) electrons. The Morgan fingerprint density at radius 1 is 1.40 bits per heavy atom. The number of benzene rings is 1. The van der Waals surface area contributed by atoms with E-state index < -0.39 is 0 Å². The van der Waals surface area contributed by atoms with Gasteiger partial charge in [-0.15, -0.1) is 0 Å². The van der Waals surface area contributed by atoms with Crippen LogP contribution in [0.4, 0.5) is 0 Å². The zero-order valence-electron chi connectivity index (χ0n) is 11.7. The number of nitrogens with zero attached hydrogens (tertiary/aromatic N) is 1. The number of H-pyrrole nitrogens is 1. The first-order chi connectivity index (χ1) is 9.70. The quantitative estimate of drug-likeness (QED) is 0.853. The zero-order chi connectivity index (χ0) is 14.1. The van der Waals surface area contributed by atoms with Crippen molar-refractivity contribution < 1.29 is 9.53 Å². The number of rotatable bonds is 2. The van der Waals surface area contributed by atoms with E-state index in [0.717, 1.165) is 23.9 Å². The van der Waals surface area contributed by atoms with Crippen LogP contribution in [0.15, 0.2) is 42.2 Å². The number of aromatic amines is 1. The minimum absolute atomic E-state index is 0.228. The molecule has 20 heavy (non-hydrogen) atoms. The van der Waals surface area contributed by atoms with Crippen LogP contribution in [0.2, 0.25) is 0 Å². The number of methoxy groups -OCH3 is 1. The summed E-state index contributed by atoms with van der Waals surface area (Å²) in [4.78, 5) is 17.0. The maximum atomic E-state index is 11.6. The van der Waals surface area contributed by atoms with Crippen molar-refractivity contribution in [2.75, 3.05) is 14.2 Å². The lowest BCUT2D eigenvalue weighted by Gasteiger charge is -2.31. The first kappa shape index (κ1) is 12.8. The summed E-state index contributed by atoms with van der Waals surface area (Å²) in [5.41, 5.74) is 3.17. The average molecular weight is 270 g/mol. The van der Waals surface area contributed by atoms with Crippen molar-refractivity contribution in [2.24, 2.45) is 0 Å². The molecule has 0 saturated heterocycles. The van der Waals surface area contributed by atoms with E-state index in [2.05, 4.69) is 34.3 Å². The minimum Gasteiger partial charge on any atom is -0.466 e. The second-order valence-electron chi connectivity index (χ2n) is 5.16. The van der Waals surface area contributed by atoms with Crippen LogP contribution in [0.1, 0.15) is 24.4 Å². The van der Waals surface area contributed by atoms with Gasteiger partial charge in [0, 0.05) is 30.3 Å². The molecule has 4 heteroatoms. The Morgan fingerprint density at radius 3 is 2.95 bits per heavy atom. The Morgan fingerprint density at radius 2 is 2.20 bits per heavy atom. The summed E-state index contributed by atoms with van der Waals surface area (Å²) in [7, 11) is 3.43. The van der Waals surface area contributed by atoms with Gasteiger partial charge in [0.2, 0.25) is 0 Å². The molecule has 1 aromatic carbocycles. The topological polar surface area (TPSA) is 45.3 Å². The molecule has 3 rings (SSSR count). The highest BCUT2D eigenvalue weighted by Crippen LogP contribution is 2.35. The molecule has 0 aliphatic carbocycles. The van der Waals surface area contributed by atoms with Crippen molar-refractivity contribution >= 4 is 16.9 Å². The Bertz CT molecular complexity index is 672. The van der Waals surface area contributed by atoms with Crippen LogP contribution in [0, 0.1) is 0 Å². The number of hydrogen-bond donors (Lipinski definition) is 1. The zero-order valence-corrected chi connectivity index (χ0v) is 11.7. The summed E-state index contributed by atoms with van der Waals surface area (Å²) in [6.07, 6.45) is 5.64. The molecule has 0 amide bonds. The third-order valence-electron chi connectivity index (χ3n) is 3.97. The number of esters is 1. The molecule has 2 aromatic rings. The Balaban J connectivity index is 1.93.